The molecule has 1 aromatic carbocycles. The van der Waals surface area contributed by atoms with Gasteiger partial charge in [-0.15, -0.1) is 0 Å². The summed E-state index contributed by atoms with van der Waals surface area (Å²) in [5.74, 6) is -3.57. The lowest BCUT2D eigenvalue weighted by Crippen LogP contribution is -2.21. The van der Waals surface area contributed by atoms with Gasteiger partial charge in [-0.05, 0) is 37.8 Å². The molecule has 0 N–H and O–H groups in total. The highest BCUT2D eigenvalue weighted by Crippen LogP contribution is 2.20. The lowest BCUT2D eigenvalue weighted by Gasteiger charge is -2.07. The second kappa shape index (κ2) is 13.1. The molecule has 1 rings (SSSR count). The largest absolute Gasteiger partial charge is 0.421 e. The maximum absolute atomic E-state index is 11.8. The van der Waals surface area contributed by atoms with E-state index in [4.69, 9.17) is 9.47 Å². The highest BCUT2D eigenvalue weighted by Gasteiger charge is 2.18. The lowest BCUT2D eigenvalue weighted by molar-refractivity contribution is -0.147. The Balaban J connectivity index is 2.52. The molecule has 0 heterocycles. The monoisotopic (exact) mass is 390 g/mol. The first kappa shape index (κ1) is 22.9. The summed E-state index contributed by atoms with van der Waals surface area (Å²) in [6, 6.07) is 5.45. The number of carbonyl (C=O) groups is 6. The van der Waals surface area contributed by atoms with Crippen LogP contribution in [0, 0.1) is 0 Å². The van der Waals surface area contributed by atoms with Crippen LogP contribution in [0.3, 0.4) is 0 Å². The SMILES string of the molecule is O=CCCCCC(=O)C(=O)Oc1cccc(OC(=O)C(=O)CCCCC=O)c1. The van der Waals surface area contributed by atoms with Crippen molar-refractivity contribution < 1.29 is 38.2 Å². The third kappa shape index (κ3) is 8.98. The number of esters is 2. The van der Waals surface area contributed by atoms with Crippen LogP contribution in [0.2, 0.25) is 0 Å². The Labute approximate surface area is 162 Å². The van der Waals surface area contributed by atoms with Crippen LogP contribution in [0.25, 0.3) is 0 Å². The maximum atomic E-state index is 11.8. The van der Waals surface area contributed by atoms with Crippen LogP contribution >= 0.6 is 0 Å². The molecule has 150 valence electrons. The molecule has 0 spiro atoms. The van der Waals surface area contributed by atoms with Crippen LogP contribution in [0.5, 0.6) is 11.5 Å². The van der Waals surface area contributed by atoms with Crippen molar-refractivity contribution in [1.29, 1.82) is 0 Å². The molecule has 0 radical (unpaired) electrons. The van der Waals surface area contributed by atoms with E-state index in [0.717, 1.165) is 12.6 Å². The Morgan fingerprint density at radius 1 is 0.714 bits per heavy atom. The Morgan fingerprint density at radius 3 is 1.54 bits per heavy atom. The highest BCUT2D eigenvalue weighted by atomic mass is 16.6. The molecule has 0 aliphatic heterocycles. The fraction of sp³-hybridized carbons (Fsp3) is 0.400. The summed E-state index contributed by atoms with van der Waals surface area (Å²) >= 11 is 0. The van der Waals surface area contributed by atoms with Gasteiger partial charge in [0, 0.05) is 31.7 Å². The molecule has 0 aromatic heterocycles. The zero-order valence-electron chi connectivity index (χ0n) is 15.4. The first-order valence-corrected chi connectivity index (χ1v) is 8.95. The van der Waals surface area contributed by atoms with Crippen molar-refractivity contribution in [3.63, 3.8) is 0 Å². The Hall–Kier alpha value is -3.16. The van der Waals surface area contributed by atoms with E-state index in [1.54, 1.807) is 0 Å². The number of Topliss-reactive ketones (excluding diaryl/α,β-unsaturated/α-hetero) is 2. The smallest absolute Gasteiger partial charge is 0.379 e. The van der Waals surface area contributed by atoms with Crippen molar-refractivity contribution >= 4 is 36.1 Å². The average molecular weight is 390 g/mol. The number of hydrogen-bond acceptors (Lipinski definition) is 8. The van der Waals surface area contributed by atoms with Crippen molar-refractivity contribution in [3.05, 3.63) is 24.3 Å². The molecule has 0 unspecified atom stereocenters. The van der Waals surface area contributed by atoms with Crippen molar-refractivity contribution in [2.75, 3.05) is 0 Å². The zero-order chi connectivity index (χ0) is 20.8. The number of rotatable bonds is 14. The summed E-state index contributed by atoms with van der Waals surface area (Å²) in [6.45, 7) is 0. The zero-order valence-corrected chi connectivity index (χ0v) is 15.4. The van der Waals surface area contributed by atoms with Gasteiger partial charge in [0.05, 0.1) is 0 Å². The molecular weight excluding hydrogens is 368 g/mol. The van der Waals surface area contributed by atoms with Crippen LogP contribution < -0.4 is 9.47 Å². The number of ether oxygens (including phenoxy) is 2. The minimum absolute atomic E-state index is 0.00465. The van der Waals surface area contributed by atoms with Gasteiger partial charge < -0.3 is 19.1 Å². The normalized spacial score (nSPS) is 10.0. The standard InChI is InChI=1S/C20H22O8/c21-12-5-1-3-10-17(23)19(25)27-15-8-7-9-16(14-15)28-20(26)18(24)11-4-2-6-13-22/h7-9,12-14H,1-6,10-11H2. The van der Waals surface area contributed by atoms with E-state index >= 15 is 0 Å². The second-order valence-corrected chi connectivity index (χ2v) is 5.93. The molecule has 1 aromatic rings. The predicted octanol–water partition coefficient (Wildman–Crippen LogP) is 2.15. The number of benzene rings is 1. The van der Waals surface area contributed by atoms with E-state index in [1.807, 2.05) is 0 Å². The van der Waals surface area contributed by atoms with Crippen LogP contribution in [0.15, 0.2) is 24.3 Å². The maximum Gasteiger partial charge on any atom is 0.379 e. The van der Waals surface area contributed by atoms with Crippen LogP contribution in [0.4, 0.5) is 0 Å². The van der Waals surface area contributed by atoms with Crippen molar-refractivity contribution in [3.8, 4) is 11.5 Å². The number of aldehydes is 2. The van der Waals surface area contributed by atoms with Crippen molar-refractivity contribution in [2.45, 2.75) is 51.4 Å². The summed E-state index contributed by atoms with van der Waals surface area (Å²) in [4.78, 5) is 67.3. The van der Waals surface area contributed by atoms with Gasteiger partial charge in [0.1, 0.15) is 24.1 Å². The number of unbranched alkanes of at least 4 members (excludes halogenated alkanes) is 4. The second-order valence-electron chi connectivity index (χ2n) is 5.93. The number of ketones is 2. The van der Waals surface area contributed by atoms with E-state index in [2.05, 4.69) is 0 Å². The van der Waals surface area contributed by atoms with Crippen LogP contribution in [0.1, 0.15) is 51.4 Å². The van der Waals surface area contributed by atoms with Crippen LogP contribution in [-0.2, 0) is 28.8 Å². The third-order valence-electron chi connectivity index (χ3n) is 3.63. The molecule has 0 saturated heterocycles. The van der Waals surface area contributed by atoms with Gasteiger partial charge in [0.15, 0.2) is 0 Å². The minimum atomic E-state index is -1.05. The number of hydrogen-bond donors (Lipinski definition) is 0. The van der Waals surface area contributed by atoms with Gasteiger partial charge in [-0.2, -0.15) is 0 Å². The molecule has 0 aliphatic carbocycles. The molecule has 0 amide bonds. The van der Waals surface area contributed by atoms with E-state index in [9.17, 15) is 28.8 Å². The molecule has 0 bridgehead atoms. The van der Waals surface area contributed by atoms with E-state index in [-0.39, 0.29) is 24.3 Å². The Bertz CT molecular complexity index is 665. The highest BCUT2D eigenvalue weighted by molar-refractivity contribution is 6.34. The first-order chi connectivity index (χ1) is 13.5. The fourth-order valence-electron chi connectivity index (χ4n) is 2.16. The molecule has 8 heteroatoms. The Morgan fingerprint density at radius 2 is 1.14 bits per heavy atom. The van der Waals surface area contributed by atoms with Gasteiger partial charge in [0.2, 0.25) is 11.6 Å². The lowest BCUT2D eigenvalue weighted by atomic mass is 10.1. The van der Waals surface area contributed by atoms with Crippen molar-refractivity contribution in [2.24, 2.45) is 0 Å². The van der Waals surface area contributed by atoms with E-state index < -0.39 is 23.5 Å². The van der Waals surface area contributed by atoms with Gasteiger partial charge in [-0.1, -0.05) is 6.07 Å². The van der Waals surface area contributed by atoms with Gasteiger partial charge in [-0.3, -0.25) is 9.59 Å². The quantitative estimate of drug-likeness (QED) is 0.156. The average Bonchev–Trinajstić information content (AvgIpc) is 2.68. The molecule has 28 heavy (non-hydrogen) atoms. The van der Waals surface area contributed by atoms with Crippen LogP contribution in [-0.4, -0.2) is 36.1 Å². The summed E-state index contributed by atoms with van der Waals surface area (Å²) in [5.41, 5.74) is 0. The molecule has 8 nitrogen and oxygen atoms in total. The van der Waals surface area contributed by atoms with E-state index in [0.29, 0.717) is 38.5 Å². The van der Waals surface area contributed by atoms with Crippen molar-refractivity contribution in [1.82, 2.24) is 0 Å². The minimum Gasteiger partial charge on any atom is -0.421 e. The molecule has 0 aliphatic rings. The molecule has 0 saturated carbocycles. The third-order valence-corrected chi connectivity index (χ3v) is 3.63. The summed E-state index contributed by atoms with van der Waals surface area (Å²) < 4.78 is 9.88. The summed E-state index contributed by atoms with van der Waals surface area (Å²) in [6.07, 6.45) is 3.90. The summed E-state index contributed by atoms with van der Waals surface area (Å²) in [7, 11) is 0. The first-order valence-electron chi connectivity index (χ1n) is 8.95. The Kier molecular flexibility index (Phi) is 10.7. The van der Waals surface area contributed by atoms with E-state index in [1.165, 1.54) is 24.3 Å². The fourth-order valence-corrected chi connectivity index (χ4v) is 2.16. The molecule has 0 atom stereocenters. The summed E-state index contributed by atoms with van der Waals surface area (Å²) in [5, 5.41) is 0. The van der Waals surface area contributed by atoms with Gasteiger partial charge in [-0.25, -0.2) is 9.59 Å². The number of carbonyl (C=O) groups excluding carboxylic acids is 6. The van der Waals surface area contributed by atoms with Gasteiger partial charge in [0.25, 0.3) is 0 Å². The predicted molar refractivity (Wildman–Crippen MR) is 96.8 cm³/mol. The molecular formula is C20H22O8. The molecule has 0 fully saturated rings. The van der Waals surface area contributed by atoms with Gasteiger partial charge >= 0.3 is 11.9 Å². The topological polar surface area (TPSA) is 121 Å².